The van der Waals surface area contributed by atoms with E-state index in [2.05, 4.69) is 26.1 Å². The van der Waals surface area contributed by atoms with Gasteiger partial charge in [-0.05, 0) is 37.6 Å². The van der Waals surface area contributed by atoms with Gasteiger partial charge in [0.15, 0.2) is 9.84 Å². The van der Waals surface area contributed by atoms with E-state index in [-0.39, 0.29) is 0 Å². The van der Waals surface area contributed by atoms with Crippen LogP contribution in [0.2, 0.25) is 0 Å². The highest BCUT2D eigenvalue weighted by molar-refractivity contribution is 7.91. The molecular weight excluding hydrogens is 246 g/mol. The van der Waals surface area contributed by atoms with Crippen molar-refractivity contribution in [3.05, 3.63) is 0 Å². The molecule has 0 amide bonds. The van der Waals surface area contributed by atoms with Crippen molar-refractivity contribution in [1.82, 2.24) is 5.32 Å². The van der Waals surface area contributed by atoms with Gasteiger partial charge >= 0.3 is 0 Å². The Morgan fingerprint density at radius 2 is 1.89 bits per heavy atom. The lowest BCUT2D eigenvalue weighted by Crippen LogP contribution is -2.38. The first kappa shape index (κ1) is 16.0. The molecule has 2 unspecified atom stereocenters. The Labute approximate surface area is 113 Å². The highest BCUT2D eigenvalue weighted by Gasteiger charge is 2.31. The van der Waals surface area contributed by atoms with Crippen molar-refractivity contribution in [3.8, 4) is 0 Å². The van der Waals surface area contributed by atoms with Crippen LogP contribution in [0.15, 0.2) is 0 Å². The molecule has 0 aromatic carbocycles. The highest BCUT2D eigenvalue weighted by atomic mass is 32.2. The molecule has 108 valence electrons. The summed E-state index contributed by atoms with van der Waals surface area (Å²) in [5.41, 5.74) is 0. The molecule has 0 bridgehead atoms. The molecular formula is C14H29NO2S. The highest BCUT2D eigenvalue weighted by Crippen LogP contribution is 2.27. The van der Waals surface area contributed by atoms with Gasteiger partial charge in [0, 0.05) is 6.04 Å². The van der Waals surface area contributed by atoms with Crippen molar-refractivity contribution in [2.24, 2.45) is 11.8 Å². The van der Waals surface area contributed by atoms with E-state index in [9.17, 15) is 8.42 Å². The van der Waals surface area contributed by atoms with E-state index >= 15 is 0 Å². The first-order valence-corrected chi connectivity index (χ1v) is 9.28. The lowest BCUT2D eigenvalue weighted by atomic mass is 9.87. The number of rotatable bonds is 8. The fourth-order valence-corrected chi connectivity index (χ4v) is 4.93. The van der Waals surface area contributed by atoms with Gasteiger partial charge in [-0.3, -0.25) is 0 Å². The molecule has 1 saturated heterocycles. The summed E-state index contributed by atoms with van der Waals surface area (Å²) < 4.78 is 23.1. The van der Waals surface area contributed by atoms with Crippen LogP contribution in [0.4, 0.5) is 0 Å². The summed E-state index contributed by atoms with van der Waals surface area (Å²) in [5.74, 6) is 1.88. The van der Waals surface area contributed by atoms with Crippen LogP contribution < -0.4 is 5.32 Å². The lowest BCUT2D eigenvalue weighted by Gasteiger charge is -2.28. The van der Waals surface area contributed by atoms with Crippen molar-refractivity contribution in [2.45, 2.75) is 58.9 Å². The van der Waals surface area contributed by atoms with Gasteiger partial charge in [-0.25, -0.2) is 8.42 Å². The average molecular weight is 275 g/mol. The topological polar surface area (TPSA) is 46.2 Å². The maximum Gasteiger partial charge on any atom is 0.150 e. The van der Waals surface area contributed by atoms with Gasteiger partial charge in [0.25, 0.3) is 0 Å². The van der Waals surface area contributed by atoms with E-state index in [0.717, 1.165) is 25.8 Å². The average Bonchev–Trinajstić information content (AvgIpc) is 2.67. The van der Waals surface area contributed by atoms with Gasteiger partial charge in [0.05, 0.1) is 11.5 Å². The van der Waals surface area contributed by atoms with Crippen LogP contribution in [-0.2, 0) is 9.84 Å². The fourth-order valence-electron chi connectivity index (χ4n) is 3.05. The molecule has 1 aliphatic heterocycles. The summed E-state index contributed by atoms with van der Waals surface area (Å²) in [7, 11) is -2.73. The number of hydrogen-bond acceptors (Lipinski definition) is 3. The van der Waals surface area contributed by atoms with Crippen molar-refractivity contribution in [3.63, 3.8) is 0 Å². The number of sulfone groups is 1. The summed E-state index contributed by atoms with van der Waals surface area (Å²) in [6.07, 6.45) is 5.40. The molecule has 18 heavy (non-hydrogen) atoms. The molecule has 1 aliphatic rings. The molecule has 1 N–H and O–H groups in total. The quantitative estimate of drug-likeness (QED) is 0.740. The molecule has 4 heteroatoms. The van der Waals surface area contributed by atoms with Gasteiger partial charge in [0.2, 0.25) is 0 Å². The molecule has 0 aromatic heterocycles. The van der Waals surface area contributed by atoms with Crippen molar-refractivity contribution >= 4 is 9.84 Å². The van der Waals surface area contributed by atoms with Crippen LogP contribution in [0.5, 0.6) is 0 Å². The molecule has 1 rings (SSSR count). The molecule has 2 atom stereocenters. The summed E-state index contributed by atoms with van der Waals surface area (Å²) in [5, 5.41) is 3.63. The molecule has 0 aliphatic carbocycles. The van der Waals surface area contributed by atoms with Crippen LogP contribution in [-0.4, -0.2) is 32.5 Å². The second kappa shape index (κ2) is 7.49. The van der Waals surface area contributed by atoms with Crippen LogP contribution in [0.3, 0.4) is 0 Å². The van der Waals surface area contributed by atoms with E-state index in [0.29, 0.717) is 29.4 Å². The minimum Gasteiger partial charge on any atom is -0.314 e. The maximum absolute atomic E-state index is 11.5. The van der Waals surface area contributed by atoms with E-state index in [1.165, 1.54) is 12.8 Å². The smallest absolute Gasteiger partial charge is 0.150 e. The normalized spacial score (nSPS) is 24.6. The number of nitrogens with one attached hydrogen (secondary N) is 1. The van der Waals surface area contributed by atoms with Crippen molar-refractivity contribution in [2.75, 3.05) is 18.1 Å². The molecule has 3 nitrogen and oxygen atoms in total. The predicted octanol–water partition coefficient (Wildman–Crippen LogP) is 2.62. The molecule has 0 radical (unpaired) electrons. The molecule has 1 heterocycles. The molecule has 0 saturated carbocycles. The number of hydrogen-bond donors (Lipinski definition) is 1. The third-order valence-electron chi connectivity index (χ3n) is 4.19. The van der Waals surface area contributed by atoms with Gasteiger partial charge in [-0.2, -0.15) is 0 Å². The summed E-state index contributed by atoms with van der Waals surface area (Å²) >= 11 is 0. The van der Waals surface area contributed by atoms with Gasteiger partial charge in [0.1, 0.15) is 0 Å². The Morgan fingerprint density at radius 3 is 2.33 bits per heavy atom. The first-order chi connectivity index (χ1) is 8.52. The van der Waals surface area contributed by atoms with Gasteiger partial charge in [-0.15, -0.1) is 0 Å². The van der Waals surface area contributed by atoms with E-state index in [1.807, 2.05) is 0 Å². The van der Waals surface area contributed by atoms with Crippen molar-refractivity contribution < 1.29 is 8.42 Å². The Kier molecular flexibility index (Phi) is 6.64. The van der Waals surface area contributed by atoms with Gasteiger partial charge in [-0.1, -0.05) is 33.6 Å². The van der Waals surface area contributed by atoms with E-state index in [1.54, 1.807) is 0 Å². The summed E-state index contributed by atoms with van der Waals surface area (Å²) in [6.45, 7) is 7.69. The van der Waals surface area contributed by atoms with Gasteiger partial charge < -0.3 is 5.32 Å². The Bertz CT molecular complexity index is 323. The minimum absolute atomic E-state index is 0.380. The van der Waals surface area contributed by atoms with Crippen LogP contribution in [0.25, 0.3) is 0 Å². The zero-order chi connectivity index (χ0) is 13.6. The zero-order valence-corrected chi connectivity index (χ0v) is 12.9. The van der Waals surface area contributed by atoms with E-state index in [4.69, 9.17) is 0 Å². The lowest BCUT2D eigenvalue weighted by molar-refractivity contribution is 0.286. The third kappa shape index (κ3) is 4.88. The second-order valence-electron chi connectivity index (χ2n) is 5.64. The fraction of sp³-hybridized carbons (Fsp3) is 1.00. The maximum atomic E-state index is 11.5. The Hall–Kier alpha value is -0.0900. The Balaban J connectivity index is 2.55. The minimum atomic E-state index is -2.73. The Morgan fingerprint density at radius 1 is 1.22 bits per heavy atom. The largest absolute Gasteiger partial charge is 0.314 e. The third-order valence-corrected chi connectivity index (χ3v) is 6.03. The molecule has 1 fully saturated rings. The first-order valence-electron chi connectivity index (χ1n) is 7.46. The summed E-state index contributed by atoms with van der Waals surface area (Å²) in [4.78, 5) is 0. The zero-order valence-electron chi connectivity index (χ0n) is 12.1. The molecule has 0 spiro atoms. The van der Waals surface area contributed by atoms with Crippen molar-refractivity contribution in [1.29, 1.82) is 0 Å². The summed E-state index contributed by atoms with van der Waals surface area (Å²) in [6, 6.07) is 0.498. The second-order valence-corrected chi connectivity index (χ2v) is 7.87. The van der Waals surface area contributed by atoms with E-state index < -0.39 is 9.84 Å². The van der Waals surface area contributed by atoms with Crippen LogP contribution in [0, 0.1) is 11.8 Å². The predicted molar refractivity (Wildman–Crippen MR) is 77.5 cm³/mol. The monoisotopic (exact) mass is 275 g/mol. The standard InChI is InChI=1S/C14H29NO2S/c1-4-8-15-14(13(5-2)6-3)10-12-7-9-18(16,17)11-12/h12-15H,4-11H2,1-3H3. The van der Waals surface area contributed by atoms with Crippen LogP contribution >= 0.6 is 0 Å². The van der Waals surface area contributed by atoms with Crippen LogP contribution in [0.1, 0.15) is 52.9 Å². The molecule has 0 aromatic rings. The SMILES string of the molecule is CCCNC(CC1CCS(=O)(=O)C1)C(CC)CC.